The molecule has 1 heterocycles. The highest BCUT2D eigenvalue weighted by atomic mass is 35.5. The van der Waals surface area contributed by atoms with Gasteiger partial charge in [-0.1, -0.05) is 29.8 Å². The van der Waals surface area contributed by atoms with E-state index in [2.05, 4.69) is 24.5 Å². The minimum atomic E-state index is -0.498. The quantitative estimate of drug-likeness (QED) is 0.570. The zero-order valence-corrected chi connectivity index (χ0v) is 16.9. The van der Waals surface area contributed by atoms with E-state index < -0.39 is 5.97 Å². The van der Waals surface area contributed by atoms with Crippen molar-refractivity contribution in [3.8, 4) is 5.75 Å². The molecule has 0 saturated heterocycles. The maximum absolute atomic E-state index is 11.8. The summed E-state index contributed by atoms with van der Waals surface area (Å²) in [5.41, 5.74) is 1.69. The molecule has 5 nitrogen and oxygen atoms in total. The van der Waals surface area contributed by atoms with Crippen molar-refractivity contribution < 1.29 is 14.3 Å². The van der Waals surface area contributed by atoms with Crippen LogP contribution in [0.25, 0.3) is 0 Å². The average molecular weight is 405 g/mol. The number of benzene rings is 2. The van der Waals surface area contributed by atoms with Gasteiger partial charge in [0.2, 0.25) is 0 Å². The molecule has 0 unspecified atom stereocenters. The van der Waals surface area contributed by atoms with Crippen molar-refractivity contribution in [1.82, 2.24) is 5.32 Å². The molecule has 2 aromatic carbocycles. The van der Waals surface area contributed by atoms with E-state index in [1.165, 1.54) is 7.11 Å². The Bertz CT molecular complexity index is 885. The summed E-state index contributed by atoms with van der Waals surface area (Å²) < 4.78 is 10.8. The second-order valence-electron chi connectivity index (χ2n) is 6.94. The molecule has 0 radical (unpaired) electrons. The highest BCUT2D eigenvalue weighted by Crippen LogP contribution is 2.39. The number of thiocarbonyl (C=S) groups is 1. The van der Waals surface area contributed by atoms with E-state index in [1.54, 1.807) is 18.2 Å². The number of halogens is 1. The fourth-order valence-electron chi connectivity index (χ4n) is 3.13. The summed E-state index contributed by atoms with van der Waals surface area (Å²) >= 11 is 11.5. The first-order chi connectivity index (χ1) is 12.8. The number of hydrogen-bond donors (Lipinski definition) is 2. The molecule has 1 aliphatic heterocycles. The maximum atomic E-state index is 11.8. The van der Waals surface area contributed by atoms with Gasteiger partial charge in [-0.2, -0.15) is 0 Å². The average Bonchev–Trinajstić information content (AvgIpc) is 2.61. The molecule has 0 bridgehead atoms. The van der Waals surface area contributed by atoms with E-state index in [9.17, 15) is 4.79 Å². The van der Waals surface area contributed by atoms with Crippen LogP contribution in [-0.2, 0) is 4.74 Å². The molecule has 1 atom stereocenters. The van der Waals surface area contributed by atoms with Gasteiger partial charge in [-0.15, -0.1) is 0 Å². The number of para-hydroxylation sites is 1. The van der Waals surface area contributed by atoms with Gasteiger partial charge in [0.05, 0.1) is 23.7 Å². The number of fused-ring (bicyclic) bond motifs is 1. The number of ether oxygens (including phenoxy) is 2. The van der Waals surface area contributed by atoms with Gasteiger partial charge in [0, 0.05) is 17.7 Å². The van der Waals surface area contributed by atoms with Crippen molar-refractivity contribution in [2.24, 2.45) is 0 Å². The van der Waals surface area contributed by atoms with Crippen LogP contribution in [0.15, 0.2) is 42.5 Å². The van der Waals surface area contributed by atoms with Crippen LogP contribution in [0.4, 0.5) is 5.69 Å². The number of hydrogen-bond acceptors (Lipinski definition) is 4. The Morgan fingerprint density at radius 2 is 2.04 bits per heavy atom. The van der Waals surface area contributed by atoms with E-state index in [0.717, 1.165) is 17.7 Å². The van der Waals surface area contributed by atoms with Crippen molar-refractivity contribution in [3.63, 3.8) is 0 Å². The summed E-state index contributed by atoms with van der Waals surface area (Å²) in [7, 11) is 1.31. The van der Waals surface area contributed by atoms with Gasteiger partial charge in [0.25, 0.3) is 0 Å². The van der Waals surface area contributed by atoms with Crippen LogP contribution in [0.1, 0.15) is 42.2 Å². The molecule has 3 rings (SSSR count). The molecule has 7 heteroatoms. The van der Waals surface area contributed by atoms with Crippen LogP contribution < -0.4 is 15.4 Å². The fourth-order valence-corrected chi connectivity index (χ4v) is 3.58. The lowest BCUT2D eigenvalue weighted by atomic mass is 9.90. The lowest BCUT2D eigenvalue weighted by Crippen LogP contribution is -2.42. The number of carbonyl (C=O) groups is 1. The predicted octanol–water partition coefficient (Wildman–Crippen LogP) is 4.72. The summed E-state index contributed by atoms with van der Waals surface area (Å²) in [6.07, 6.45) is 0.764. The number of anilines is 1. The third kappa shape index (κ3) is 4.51. The van der Waals surface area contributed by atoms with Crippen LogP contribution in [0.5, 0.6) is 5.75 Å². The molecule has 142 valence electrons. The third-order valence-electron chi connectivity index (χ3n) is 4.31. The van der Waals surface area contributed by atoms with Crippen LogP contribution in [-0.4, -0.2) is 23.8 Å². The number of esters is 1. The van der Waals surface area contributed by atoms with E-state index >= 15 is 0 Å². The third-order valence-corrected chi connectivity index (χ3v) is 4.86. The first kappa shape index (κ1) is 19.5. The highest BCUT2D eigenvalue weighted by Gasteiger charge is 2.33. The van der Waals surface area contributed by atoms with Crippen molar-refractivity contribution in [1.29, 1.82) is 0 Å². The monoisotopic (exact) mass is 404 g/mol. The summed E-state index contributed by atoms with van der Waals surface area (Å²) in [6.45, 7) is 4.10. The molecule has 0 aliphatic carbocycles. The molecule has 1 aliphatic rings. The Morgan fingerprint density at radius 1 is 1.30 bits per heavy atom. The minimum absolute atomic E-state index is 0.0114. The Hall–Kier alpha value is -2.31. The van der Waals surface area contributed by atoms with Gasteiger partial charge in [-0.3, -0.25) is 0 Å². The standard InChI is InChI=1S/C20H21ClN2O3S/c1-20(2)11-16(13-6-4-5-7-17(13)26-20)23-19(27)22-12-8-9-15(21)14(10-12)18(24)25-3/h4-10,16H,11H2,1-3H3,(H2,22,23,27)/t16-/m1/s1. The molecule has 0 aromatic heterocycles. The van der Waals surface area contributed by atoms with Gasteiger partial charge < -0.3 is 20.1 Å². The summed E-state index contributed by atoms with van der Waals surface area (Å²) in [6, 6.07) is 12.9. The molecule has 2 aromatic rings. The molecule has 2 N–H and O–H groups in total. The molecule has 0 spiro atoms. The number of methoxy groups -OCH3 is 1. The molecular formula is C20H21ClN2O3S. The second-order valence-corrected chi connectivity index (χ2v) is 7.76. The van der Waals surface area contributed by atoms with Crippen molar-refractivity contribution in [2.45, 2.75) is 31.9 Å². The van der Waals surface area contributed by atoms with Crippen molar-refractivity contribution in [2.75, 3.05) is 12.4 Å². The molecule has 0 amide bonds. The van der Waals surface area contributed by atoms with Crippen LogP contribution in [0.3, 0.4) is 0 Å². The van der Waals surface area contributed by atoms with E-state index in [1.807, 2.05) is 24.3 Å². The molecule has 0 fully saturated rings. The maximum Gasteiger partial charge on any atom is 0.339 e. The summed E-state index contributed by atoms with van der Waals surface area (Å²) in [4.78, 5) is 11.8. The molecular weight excluding hydrogens is 384 g/mol. The van der Waals surface area contributed by atoms with Crippen LogP contribution >= 0.6 is 23.8 Å². The Morgan fingerprint density at radius 3 is 2.78 bits per heavy atom. The first-order valence-electron chi connectivity index (χ1n) is 8.52. The predicted molar refractivity (Wildman–Crippen MR) is 111 cm³/mol. The smallest absolute Gasteiger partial charge is 0.339 e. The Kier molecular flexibility index (Phi) is 5.58. The number of rotatable bonds is 3. The summed E-state index contributed by atoms with van der Waals surface area (Å²) in [5, 5.41) is 7.23. The van der Waals surface area contributed by atoms with Crippen molar-refractivity contribution >= 4 is 40.6 Å². The minimum Gasteiger partial charge on any atom is -0.487 e. The highest BCUT2D eigenvalue weighted by molar-refractivity contribution is 7.80. The van der Waals surface area contributed by atoms with Gasteiger partial charge in [0.15, 0.2) is 5.11 Å². The van der Waals surface area contributed by atoms with E-state index in [-0.39, 0.29) is 17.2 Å². The topological polar surface area (TPSA) is 59.6 Å². The van der Waals surface area contributed by atoms with E-state index in [0.29, 0.717) is 15.8 Å². The zero-order valence-electron chi connectivity index (χ0n) is 15.3. The number of nitrogens with one attached hydrogen (secondary N) is 2. The SMILES string of the molecule is COC(=O)c1cc(NC(=S)N[C@@H]2CC(C)(C)Oc3ccccc32)ccc1Cl. The Labute approximate surface area is 169 Å². The van der Waals surface area contributed by atoms with Crippen LogP contribution in [0, 0.1) is 0 Å². The van der Waals surface area contributed by atoms with E-state index in [4.69, 9.17) is 33.3 Å². The van der Waals surface area contributed by atoms with Gasteiger partial charge in [-0.25, -0.2) is 4.79 Å². The van der Waals surface area contributed by atoms with Gasteiger partial charge >= 0.3 is 5.97 Å². The Balaban J connectivity index is 1.76. The lowest BCUT2D eigenvalue weighted by Gasteiger charge is -2.38. The molecule has 27 heavy (non-hydrogen) atoms. The largest absolute Gasteiger partial charge is 0.487 e. The second kappa shape index (κ2) is 7.74. The zero-order chi connectivity index (χ0) is 19.6. The van der Waals surface area contributed by atoms with Crippen LogP contribution in [0.2, 0.25) is 5.02 Å². The normalized spacial score (nSPS) is 17.3. The molecule has 0 saturated carbocycles. The fraction of sp³-hybridized carbons (Fsp3) is 0.300. The first-order valence-corrected chi connectivity index (χ1v) is 9.31. The van der Waals surface area contributed by atoms with Crippen molar-refractivity contribution in [3.05, 3.63) is 58.6 Å². The van der Waals surface area contributed by atoms with Gasteiger partial charge in [0.1, 0.15) is 11.4 Å². The summed E-state index contributed by atoms with van der Waals surface area (Å²) in [5.74, 6) is 0.358. The van der Waals surface area contributed by atoms with Gasteiger partial charge in [-0.05, 0) is 50.3 Å². The lowest BCUT2D eigenvalue weighted by molar-refractivity contribution is 0.0600. The number of carbonyl (C=O) groups excluding carboxylic acids is 1.